The predicted molar refractivity (Wildman–Crippen MR) is 99.3 cm³/mol. The molecule has 25 heavy (non-hydrogen) atoms. The van der Waals surface area contributed by atoms with E-state index in [4.69, 9.17) is 9.47 Å². The number of amides is 1. The van der Waals surface area contributed by atoms with Crippen LogP contribution < -0.4 is 14.8 Å². The molecule has 1 aromatic carbocycles. The van der Waals surface area contributed by atoms with E-state index >= 15 is 0 Å². The molecule has 0 radical (unpaired) electrons. The molecule has 0 atom stereocenters. The number of piperazine rings is 1. The molecule has 1 N–H and O–H groups in total. The van der Waals surface area contributed by atoms with E-state index in [0.29, 0.717) is 13.0 Å². The number of carbonyl (C=O) groups excluding carboxylic acids is 1. The molecule has 1 aliphatic rings. The summed E-state index contributed by atoms with van der Waals surface area (Å²) < 4.78 is 10.7. The van der Waals surface area contributed by atoms with Crippen molar-refractivity contribution in [3.05, 3.63) is 24.3 Å². The zero-order valence-corrected chi connectivity index (χ0v) is 15.5. The first-order valence-corrected chi connectivity index (χ1v) is 9.12. The lowest BCUT2D eigenvalue weighted by atomic mass is 10.2. The Hall–Kier alpha value is -1.79. The lowest BCUT2D eigenvalue weighted by Gasteiger charge is -2.32. The van der Waals surface area contributed by atoms with Gasteiger partial charge in [0.2, 0.25) is 5.91 Å². The smallest absolute Gasteiger partial charge is 0.220 e. The van der Waals surface area contributed by atoms with Crippen LogP contribution in [0.5, 0.6) is 11.5 Å². The molecule has 2 rings (SSSR count). The lowest BCUT2D eigenvalue weighted by Crippen LogP contribution is -2.45. The first-order chi connectivity index (χ1) is 12.2. The lowest BCUT2D eigenvalue weighted by molar-refractivity contribution is -0.121. The minimum atomic E-state index is 0.108. The minimum Gasteiger partial charge on any atom is -0.497 e. The van der Waals surface area contributed by atoms with Gasteiger partial charge in [0.25, 0.3) is 0 Å². The third-order valence-corrected chi connectivity index (χ3v) is 4.45. The third-order valence-electron chi connectivity index (χ3n) is 4.45. The monoisotopic (exact) mass is 349 g/mol. The minimum absolute atomic E-state index is 0.108. The van der Waals surface area contributed by atoms with Crippen LogP contribution >= 0.6 is 0 Å². The molecule has 0 aliphatic carbocycles. The molecule has 0 saturated carbocycles. The highest BCUT2D eigenvalue weighted by Crippen LogP contribution is 2.17. The number of nitrogens with one attached hydrogen (secondary N) is 1. The Bertz CT molecular complexity index is 499. The van der Waals surface area contributed by atoms with Crippen LogP contribution in [0.2, 0.25) is 0 Å². The Morgan fingerprint density at radius 2 is 1.76 bits per heavy atom. The van der Waals surface area contributed by atoms with Gasteiger partial charge in [-0.05, 0) is 50.7 Å². The highest BCUT2D eigenvalue weighted by atomic mass is 16.5. The number of methoxy groups -OCH3 is 1. The van der Waals surface area contributed by atoms with Crippen molar-refractivity contribution in [2.75, 3.05) is 60.0 Å². The Morgan fingerprint density at radius 3 is 2.44 bits per heavy atom. The third kappa shape index (κ3) is 7.75. The number of hydrogen-bond acceptors (Lipinski definition) is 5. The number of ether oxygens (including phenoxy) is 2. The van der Waals surface area contributed by atoms with Gasteiger partial charge in [0.15, 0.2) is 0 Å². The van der Waals surface area contributed by atoms with Crippen molar-refractivity contribution in [2.24, 2.45) is 0 Å². The quantitative estimate of drug-likeness (QED) is 0.651. The van der Waals surface area contributed by atoms with Gasteiger partial charge in [0, 0.05) is 39.1 Å². The largest absolute Gasteiger partial charge is 0.497 e. The van der Waals surface area contributed by atoms with Crippen molar-refractivity contribution < 1.29 is 14.3 Å². The summed E-state index contributed by atoms with van der Waals surface area (Å²) in [5, 5.41) is 3.00. The summed E-state index contributed by atoms with van der Waals surface area (Å²) in [4.78, 5) is 16.6. The summed E-state index contributed by atoms with van der Waals surface area (Å²) in [6.07, 6.45) is 2.23. The second kappa shape index (κ2) is 10.9. The Labute approximate surface area is 151 Å². The van der Waals surface area contributed by atoms with Gasteiger partial charge in [-0.3, -0.25) is 4.79 Å². The van der Waals surface area contributed by atoms with Crippen molar-refractivity contribution in [1.82, 2.24) is 15.1 Å². The van der Waals surface area contributed by atoms with Gasteiger partial charge in [0.1, 0.15) is 11.5 Å². The van der Waals surface area contributed by atoms with Crippen LogP contribution in [0.4, 0.5) is 0 Å². The van der Waals surface area contributed by atoms with Gasteiger partial charge < -0.3 is 24.6 Å². The zero-order valence-electron chi connectivity index (χ0n) is 15.5. The second-order valence-electron chi connectivity index (χ2n) is 6.48. The van der Waals surface area contributed by atoms with Gasteiger partial charge in [-0.15, -0.1) is 0 Å². The van der Waals surface area contributed by atoms with Gasteiger partial charge in [0.05, 0.1) is 13.7 Å². The molecule has 0 bridgehead atoms. The van der Waals surface area contributed by atoms with Crippen LogP contribution in [0, 0.1) is 0 Å². The number of benzene rings is 1. The standard InChI is InChI=1S/C19H31N3O3/c1-21-12-14-22(15-13-21)11-4-10-20-19(23)5-3-16-25-18-8-6-17(24-2)7-9-18/h6-9H,3-5,10-16H2,1-2H3,(H,20,23). The molecule has 6 heteroatoms. The maximum atomic E-state index is 11.8. The van der Waals surface area contributed by atoms with E-state index < -0.39 is 0 Å². The maximum absolute atomic E-state index is 11.8. The maximum Gasteiger partial charge on any atom is 0.220 e. The predicted octanol–water partition coefficient (Wildman–Crippen LogP) is 1.61. The molecule has 1 aliphatic heterocycles. The molecule has 1 aromatic rings. The highest BCUT2D eigenvalue weighted by Gasteiger charge is 2.12. The summed E-state index contributed by atoms with van der Waals surface area (Å²) in [5.74, 6) is 1.72. The van der Waals surface area contributed by atoms with E-state index in [0.717, 1.165) is 63.6 Å². The molecule has 1 heterocycles. The van der Waals surface area contributed by atoms with E-state index in [-0.39, 0.29) is 5.91 Å². The van der Waals surface area contributed by atoms with Crippen molar-refractivity contribution in [1.29, 1.82) is 0 Å². The fourth-order valence-electron chi connectivity index (χ4n) is 2.79. The summed E-state index contributed by atoms with van der Waals surface area (Å²) in [6.45, 7) is 6.90. The zero-order chi connectivity index (χ0) is 17.9. The molecule has 0 aromatic heterocycles. The number of rotatable bonds is 10. The number of carbonyl (C=O) groups is 1. The van der Waals surface area contributed by atoms with Crippen molar-refractivity contribution in [3.8, 4) is 11.5 Å². The number of nitrogens with zero attached hydrogens (tertiary/aromatic N) is 2. The number of hydrogen-bond donors (Lipinski definition) is 1. The van der Waals surface area contributed by atoms with E-state index in [1.54, 1.807) is 7.11 Å². The Kier molecular flexibility index (Phi) is 8.55. The van der Waals surface area contributed by atoms with Crippen molar-refractivity contribution in [2.45, 2.75) is 19.3 Å². The SMILES string of the molecule is COc1ccc(OCCCC(=O)NCCCN2CCN(C)CC2)cc1. The van der Waals surface area contributed by atoms with Crippen LogP contribution in [-0.4, -0.2) is 75.7 Å². The van der Waals surface area contributed by atoms with Crippen LogP contribution in [0.15, 0.2) is 24.3 Å². The van der Waals surface area contributed by atoms with E-state index in [2.05, 4.69) is 22.2 Å². The van der Waals surface area contributed by atoms with Crippen LogP contribution in [-0.2, 0) is 4.79 Å². The molecular formula is C19H31N3O3. The fraction of sp³-hybridized carbons (Fsp3) is 0.632. The summed E-state index contributed by atoms with van der Waals surface area (Å²) in [7, 11) is 3.80. The van der Waals surface area contributed by atoms with Gasteiger partial charge in [-0.25, -0.2) is 0 Å². The summed E-state index contributed by atoms with van der Waals surface area (Å²) in [5.41, 5.74) is 0. The van der Waals surface area contributed by atoms with Gasteiger partial charge >= 0.3 is 0 Å². The van der Waals surface area contributed by atoms with Crippen molar-refractivity contribution in [3.63, 3.8) is 0 Å². The van der Waals surface area contributed by atoms with Crippen LogP contribution in [0.1, 0.15) is 19.3 Å². The highest BCUT2D eigenvalue weighted by molar-refractivity contribution is 5.75. The summed E-state index contributed by atoms with van der Waals surface area (Å²) in [6, 6.07) is 7.47. The first kappa shape index (κ1) is 19.5. The van der Waals surface area contributed by atoms with Crippen LogP contribution in [0.25, 0.3) is 0 Å². The molecule has 6 nitrogen and oxygen atoms in total. The molecule has 1 fully saturated rings. The van der Waals surface area contributed by atoms with E-state index in [1.807, 2.05) is 24.3 Å². The number of likely N-dealkylation sites (N-methyl/N-ethyl adjacent to an activating group) is 1. The fourth-order valence-corrected chi connectivity index (χ4v) is 2.79. The molecular weight excluding hydrogens is 318 g/mol. The van der Waals surface area contributed by atoms with Crippen LogP contribution in [0.3, 0.4) is 0 Å². The average molecular weight is 349 g/mol. The molecule has 0 spiro atoms. The molecule has 0 unspecified atom stereocenters. The molecule has 1 amide bonds. The Morgan fingerprint density at radius 1 is 1.08 bits per heavy atom. The van der Waals surface area contributed by atoms with E-state index in [1.165, 1.54) is 0 Å². The molecule has 1 saturated heterocycles. The van der Waals surface area contributed by atoms with Crippen molar-refractivity contribution >= 4 is 5.91 Å². The Balaban J connectivity index is 1.46. The van der Waals surface area contributed by atoms with Gasteiger partial charge in [-0.2, -0.15) is 0 Å². The van der Waals surface area contributed by atoms with E-state index in [9.17, 15) is 4.79 Å². The second-order valence-corrected chi connectivity index (χ2v) is 6.48. The average Bonchev–Trinajstić information content (AvgIpc) is 2.64. The topological polar surface area (TPSA) is 54.0 Å². The van der Waals surface area contributed by atoms with Gasteiger partial charge in [-0.1, -0.05) is 0 Å². The first-order valence-electron chi connectivity index (χ1n) is 9.12. The molecule has 140 valence electrons. The normalized spacial score (nSPS) is 15.8. The summed E-state index contributed by atoms with van der Waals surface area (Å²) >= 11 is 0.